The van der Waals surface area contributed by atoms with Gasteiger partial charge in [0.05, 0.1) is 15.6 Å². The SMILES string of the molecule is CC(=O)n1cc(C=c2sc3nc4cc(C)c(C)cc4n3c2=O)c(-c2ccc(F)cc2)n1. The van der Waals surface area contributed by atoms with Crippen molar-refractivity contribution in [3.63, 3.8) is 0 Å². The van der Waals surface area contributed by atoms with Gasteiger partial charge in [0.2, 0.25) is 5.91 Å². The Morgan fingerprint density at radius 2 is 1.84 bits per heavy atom. The van der Waals surface area contributed by atoms with Crippen molar-refractivity contribution < 1.29 is 9.18 Å². The van der Waals surface area contributed by atoms with E-state index in [1.165, 1.54) is 35.1 Å². The Bertz CT molecular complexity index is 1610. The van der Waals surface area contributed by atoms with Gasteiger partial charge < -0.3 is 0 Å². The minimum atomic E-state index is -0.362. The summed E-state index contributed by atoms with van der Waals surface area (Å²) >= 11 is 1.28. The van der Waals surface area contributed by atoms with Gasteiger partial charge in [0, 0.05) is 24.2 Å². The topological polar surface area (TPSA) is 69.3 Å². The van der Waals surface area contributed by atoms with Gasteiger partial charge in [-0.15, -0.1) is 0 Å². The van der Waals surface area contributed by atoms with Gasteiger partial charge in [0.25, 0.3) is 5.56 Å². The normalized spacial score (nSPS) is 12.3. The molecule has 31 heavy (non-hydrogen) atoms. The number of carbonyl (C=O) groups excluding carboxylic acids is 1. The highest BCUT2D eigenvalue weighted by atomic mass is 32.1. The highest BCUT2D eigenvalue weighted by Crippen LogP contribution is 2.24. The van der Waals surface area contributed by atoms with E-state index in [0.717, 1.165) is 22.2 Å². The highest BCUT2D eigenvalue weighted by molar-refractivity contribution is 7.15. The number of carbonyl (C=O) groups is 1. The fourth-order valence-electron chi connectivity index (χ4n) is 3.55. The summed E-state index contributed by atoms with van der Waals surface area (Å²) in [6.45, 7) is 5.42. The third kappa shape index (κ3) is 3.16. The number of imidazole rings is 1. The number of nitrogens with zero attached hydrogens (tertiary/aromatic N) is 4. The van der Waals surface area contributed by atoms with Crippen molar-refractivity contribution in [1.29, 1.82) is 0 Å². The molecular formula is C23H17FN4O2S. The zero-order valence-electron chi connectivity index (χ0n) is 17.0. The molecule has 0 radical (unpaired) electrons. The smallest absolute Gasteiger partial charge is 0.273 e. The Kier molecular flexibility index (Phi) is 4.33. The summed E-state index contributed by atoms with van der Waals surface area (Å²) < 4.78 is 16.7. The average Bonchev–Trinajstić information content (AvgIpc) is 3.38. The third-order valence-electron chi connectivity index (χ3n) is 5.32. The van der Waals surface area contributed by atoms with E-state index in [1.807, 2.05) is 26.0 Å². The van der Waals surface area contributed by atoms with Crippen LogP contribution in [0.2, 0.25) is 0 Å². The summed E-state index contributed by atoms with van der Waals surface area (Å²) in [5.74, 6) is -0.623. The standard InChI is InChI=1S/C23H17FN4O2S/c1-12-8-18-19(9-13(12)2)28-22(30)20(31-23(28)25-18)10-16-11-27(14(3)29)26-21(16)15-4-6-17(24)7-5-15/h4-11H,1-3H3. The number of aryl methyl sites for hydroxylation is 2. The lowest BCUT2D eigenvalue weighted by atomic mass is 10.1. The minimum absolute atomic E-state index is 0.175. The number of hydrogen-bond acceptors (Lipinski definition) is 5. The number of fused-ring (bicyclic) bond motifs is 3. The molecule has 3 heterocycles. The maximum Gasteiger partial charge on any atom is 0.274 e. The van der Waals surface area contributed by atoms with Crippen LogP contribution in [0.1, 0.15) is 28.4 Å². The molecule has 0 aliphatic rings. The van der Waals surface area contributed by atoms with E-state index in [0.29, 0.717) is 26.3 Å². The first-order valence-electron chi connectivity index (χ1n) is 9.62. The Balaban J connectivity index is 1.74. The van der Waals surface area contributed by atoms with Crippen LogP contribution < -0.4 is 10.1 Å². The largest absolute Gasteiger partial charge is 0.274 e. The molecule has 0 fully saturated rings. The lowest BCUT2D eigenvalue weighted by Crippen LogP contribution is -2.22. The molecule has 0 unspecified atom stereocenters. The molecule has 154 valence electrons. The Morgan fingerprint density at radius 1 is 1.13 bits per heavy atom. The predicted molar refractivity (Wildman–Crippen MR) is 119 cm³/mol. The molecular weight excluding hydrogens is 415 g/mol. The van der Waals surface area contributed by atoms with Crippen molar-refractivity contribution in [3.8, 4) is 11.3 Å². The van der Waals surface area contributed by atoms with Crippen LogP contribution >= 0.6 is 11.3 Å². The first-order valence-corrected chi connectivity index (χ1v) is 10.4. The quantitative estimate of drug-likeness (QED) is 0.426. The van der Waals surface area contributed by atoms with Crippen LogP contribution in [0, 0.1) is 19.7 Å². The van der Waals surface area contributed by atoms with Gasteiger partial charge >= 0.3 is 0 Å². The second kappa shape index (κ2) is 6.95. The first-order chi connectivity index (χ1) is 14.8. The predicted octanol–water partition coefficient (Wildman–Crippen LogP) is 3.74. The number of aromatic nitrogens is 4. The first kappa shape index (κ1) is 19.3. The highest BCUT2D eigenvalue weighted by Gasteiger charge is 2.15. The van der Waals surface area contributed by atoms with Gasteiger partial charge in [0.15, 0.2) is 4.96 Å². The zero-order valence-corrected chi connectivity index (χ0v) is 17.8. The van der Waals surface area contributed by atoms with Crippen LogP contribution in [0.15, 0.2) is 47.4 Å². The zero-order chi connectivity index (χ0) is 21.9. The molecule has 2 aromatic carbocycles. The van der Waals surface area contributed by atoms with Crippen molar-refractivity contribution in [2.24, 2.45) is 0 Å². The van der Waals surface area contributed by atoms with E-state index in [4.69, 9.17) is 0 Å². The second-order valence-corrected chi connectivity index (χ2v) is 8.48. The van der Waals surface area contributed by atoms with E-state index in [2.05, 4.69) is 10.1 Å². The number of thiazole rings is 1. The molecule has 0 saturated heterocycles. The lowest BCUT2D eigenvalue weighted by Gasteiger charge is -1.99. The molecule has 8 heteroatoms. The minimum Gasteiger partial charge on any atom is -0.273 e. The summed E-state index contributed by atoms with van der Waals surface area (Å²) in [6.07, 6.45) is 3.29. The molecule has 0 N–H and O–H groups in total. The van der Waals surface area contributed by atoms with Crippen LogP contribution in [0.5, 0.6) is 0 Å². The summed E-state index contributed by atoms with van der Waals surface area (Å²) in [5.41, 5.74) is 5.34. The average molecular weight is 432 g/mol. The molecule has 0 saturated carbocycles. The molecule has 0 aliphatic heterocycles. The molecule has 0 atom stereocenters. The maximum atomic E-state index is 13.4. The summed E-state index contributed by atoms with van der Waals surface area (Å²) in [4.78, 5) is 30.3. The van der Waals surface area contributed by atoms with Crippen LogP contribution in [0.3, 0.4) is 0 Å². The Labute approximate surface area is 179 Å². The molecule has 0 spiro atoms. The summed E-state index contributed by atoms with van der Waals surface area (Å²) in [6, 6.07) is 9.81. The van der Waals surface area contributed by atoms with Crippen LogP contribution in [-0.4, -0.2) is 25.1 Å². The van der Waals surface area contributed by atoms with Gasteiger partial charge in [0.1, 0.15) is 11.5 Å². The summed E-state index contributed by atoms with van der Waals surface area (Å²) in [5, 5.41) is 4.34. The lowest BCUT2D eigenvalue weighted by molar-refractivity contribution is 0.0921. The maximum absolute atomic E-state index is 13.4. The van der Waals surface area contributed by atoms with E-state index < -0.39 is 0 Å². The number of hydrogen-bond donors (Lipinski definition) is 0. The monoisotopic (exact) mass is 432 g/mol. The van der Waals surface area contributed by atoms with E-state index in [-0.39, 0.29) is 17.3 Å². The number of benzene rings is 2. The van der Waals surface area contributed by atoms with Crippen LogP contribution in [0.25, 0.3) is 33.3 Å². The molecule has 3 aromatic heterocycles. The fourth-order valence-corrected chi connectivity index (χ4v) is 4.52. The van der Waals surface area contributed by atoms with E-state index in [9.17, 15) is 14.0 Å². The van der Waals surface area contributed by atoms with Crippen molar-refractivity contribution in [2.75, 3.05) is 0 Å². The second-order valence-electron chi connectivity index (χ2n) is 7.47. The molecule has 0 bridgehead atoms. The van der Waals surface area contributed by atoms with Gasteiger partial charge in [-0.25, -0.2) is 18.5 Å². The molecule has 6 nitrogen and oxygen atoms in total. The fraction of sp³-hybridized carbons (Fsp3) is 0.130. The van der Waals surface area contributed by atoms with Crippen molar-refractivity contribution in [3.05, 3.63) is 80.0 Å². The van der Waals surface area contributed by atoms with Gasteiger partial charge in [-0.05, 0) is 67.4 Å². The Morgan fingerprint density at radius 3 is 2.55 bits per heavy atom. The molecule has 5 rings (SSSR count). The number of rotatable bonds is 2. The van der Waals surface area contributed by atoms with Gasteiger partial charge in [-0.1, -0.05) is 11.3 Å². The van der Waals surface area contributed by atoms with Crippen molar-refractivity contribution in [1.82, 2.24) is 19.2 Å². The van der Waals surface area contributed by atoms with Gasteiger partial charge in [-0.3, -0.25) is 9.59 Å². The van der Waals surface area contributed by atoms with Crippen LogP contribution in [0.4, 0.5) is 4.39 Å². The third-order valence-corrected chi connectivity index (χ3v) is 6.29. The van der Waals surface area contributed by atoms with E-state index in [1.54, 1.807) is 28.8 Å². The van der Waals surface area contributed by atoms with Crippen molar-refractivity contribution in [2.45, 2.75) is 20.8 Å². The van der Waals surface area contributed by atoms with Crippen molar-refractivity contribution >= 4 is 39.3 Å². The number of halogens is 1. The van der Waals surface area contributed by atoms with Gasteiger partial charge in [-0.2, -0.15) is 5.10 Å². The van der Waals surface area contributed by atoms with Crippen LogP contribution in [-0.2, 0) is 0 Å². The Hall–Kier alpha value is -3.65. The molecule has 5 aromatic rings. The molecule has 0 amide bonds. The van der Waals surface area contributed by atoms with E-state index >= 15 is 0 Å². The molecule has 0 aliphatic carbocycles. The summed E-state index contributed by atoms with van der Waals surface area (Å²) in [7, 11) is 0.